The summed E-state index contributed by atoms with van der Waals surface area (Å²) in [6, 6.07) is 14.2. The second-order valence-corrected chi connectivity index (χ2v) is 5.54. The van der Waals surface area contributed by atoms with Gasteiger partial charge in [-0.15, -0.1) is 0 Å². The molecule has 7 heteroatoms. The first-order valence-electron chi connectivity index (χ1n) is 7.73. The maximum atomic E-state index is 13.0. The number of nitrogens with zero attached hydrogens (tertiary/aromatic N) is 2. The summed E-state index contributed by atoms with van der Waals surface area (Å²) in [5.74, 6) is -1.10. The average molecular weight is 351 g/mol. The fourth-order valence-corrected chi connectivity index (χ4v) is 2.31. The molecule has 1 amide bonds. The third-order valence-corrected chi connectivity index (χ3v) is 3.63. The number of ketones is 1. The number of amides is 1. The number of carbonyl (C=O) groups is 2. The van der Waals surface area contributed by atoms with Gasteiger partial charge in [0, 0.05) is 17.3 Å². The van der Waals surface area contributed by atoms with Gasteiger partial charge in [0.2, 0.25) is 0 Å². The van der Waals surface area contributed by atoms with E-state index in [1.165, 1.54) is 43.3 Å². The van der Waals surface area contributed by atoms with E-state index in [2.05, 4.69) is 10.4 Å². The van der Waals surface area contributed by atoms with Crippen molar-refractivity contribution < 1.29 is 14.0 Å². The van der Waals surface area contributed by atoms with Crippen molar-refractivity contribution in [3.8, 4) is 5.69 Å². The summed E-state index contributed by atoms with van der Waals surface area (Å²) in [6.07, 6.45) is 0. The van der Waals surface area contributed by atoms with Crippen LogP contribution >= 0.6 is 0 Å². The number of aromatic nitrogens is 2. The number of hydrogen-bond acceptors (Lipinski definition) is 4. The van der Waals surface area contributed by atoms with Gasteiger partial charge in [0.05, 0.1) is 5.69 Å². The summed E-state index contributed by atoms with van der Waals surface area (Å²) >= 11 is 0. The number of hydrogen-bond donors (Lipinski definition) is 1. The van der Waals surface area contributed by atoms with Gasteiger partial charge >= 0.3 is 0 Å². The molecule has 0 radical (unpaired) electrons. The topological polar surface area (TPSA) is 81.1 Å². The molecule has 0 spiro atoms. The highest BCUT2D eigenvalue weighted by molar-refractivity contribution is 6.03. The molecule has 1 N–H and O–H groups in total. The van der Waals surface area contributed by atoms with Crippen molar-refractivity contribution in [2.24, 2.45) is 0 Å². The van der Waals surface area contributed by atoms with Gasteiger partial charge in [-0.05, 0) is 49.4 Å². The summed E-state index contributed by atoms with van der Waals surface area (Å²) in [6.45, 7) is 1.43. The van der Waals surface area contributed by atoms with Crippen LogP contribution in [0, 0.1) is 5.82 Å². The molecule has 0 unspecified atom stereocenters. The Morgan fingerprint density at radius 1 is 1.04 bits per heavy atom. The predicted molar refractivity (Wildman–Crippen MR) is 94.2 cm³/mol. The number of benzene rings is 2. The van der Waals surface area contributed by atoms with Crippen molar-refractivity contribution in [2.75, 3.05) is 5.32 Å². The Kier molecular flexibility index (Phi) is 4.70. The van der Waals surface area contributed by atoms with Gasteiger partial charge in [-0.2, -0.15) is 9.78 Å². The van der Waals surface area contributed by atoms with E-state index in [1.54, 1.807) is 24.3 Å². The van der Waals surface area contributed by atoms with Crippen LogP contribution in [0.1, 0.15) is 27.8 Å². The van der Waals surface area contributed by atoms with E-state index >= 15 is 0 Å². The summed E-state index contributed by atoms with van der Waals surface area (Å²) in [7, 11) is 0. The van der Waals surface area contributed by atoms with Crippen LogP contribution in [0.3, 0.4) is 0 Å². The molecule has 3 aromatic rings. The van der Waals surface area contributed by atoms with Gasteiger partial charge in [0.25, 0.3) is 11.5 Å². The van der Waals surface area contributed by atoms with Crippen molar-refractivity contribution in [2.45, 2.75) is 6.92 Å². The lowest BCUT2D eigenvalue weighted by molar-refractivity contribution is 0.100. The Balaban J connectivity index is 1.90. The molecule has 3 rings (SSSR count). The third kappa shape index (κ3) is 3.72. The van der Waals surface area contributed by atoms with Crippen molar-refractivity contribution in [3.63, 3.8) is 0 Å². The molecule has 0 atom stereocenters. The SMILES string of the molecule is CC(=O)c1cccc(NC(=O)c2ccc(=O)n(-c3ccc(F)cc3)n2)c1. The van der Waals surface area contributed by atoms with Crippen LogP contribution in [-0.2, 0) is 0 Å². The lowest BCUT2D eigenvalue weighted by Crippen LogP contribution is -2.24. The zero-order chi connectivity index (χ0) is 18.7. The highest BCUT2D eigenvalue weighted by atomic mass is 19.1. The second-order valence-electron chi connectivity index (χ2n) is 5.54. The summed E-state index contributed by atoms with van der Waals surface area (Å²) in [5, 5.41) is 6.66. The molecule has 26 heavy (non-hydrogen) atoms. The Morgan fingerprint density at radius 2 is 1.77 bits per heavy atom. The van der Waals surface area contributed by atoms with Crippen molar-refractivity contribution >= 4 is 17.4 Å². The molecule has 0 saturated heterocycles. The standard InChI is InChI=1S/C19H14FN3O3/c1-12(24)13-3-2-4-15(11-13)21-19(26)17-9-10-18(25)23(22-17)16-7-5-14(20)6-8-16/h2-11H,1H3,(H,21,26). The molecular formula is C19H14FN3O3. The first-order chi connectivity index (χ1) is 12.4. The highest BCUT2D eigenvalue weighted by Crippen LogP contribution is 2.12. The Bertz CT molecular complexity index is 1040. The van der Waals surface area contributed by atoms with E-state index in [0.29, 0.717) is 16.9 Å². The minimum absolute atomic E-state index is 0.00199. The van der Waals surface area contributed by atoms with Crippen LogP contribution in [0.5, 0.6) is 0 Å². The zero-order valence-electron chi connectivity index (χ0n) is 13.8. The molecule has 6 nitrogen and oxygen atoms in total. The maximum absolute atomic E-state index is 13.0. The molecular weight excluding hydrogens is 337 g/mol. The molecule has 0 aliphatic carbocycles. The zero-order valence-corrected chi connectivity index (χ0v) is 13.8. The van der Waals surface area contributed by atoms with Crippen LogP contribution in [0.15, 0.2) is 65.5 Å². The fraction of sp³-hybridized carbons (Fsp3) is 0.0526. The second kappa shape index (κ2) is 7.10. The number of halogens is 1. The molecule has 0 fully saturated rings. The molecule has 0 aliphatic rings. The number of anilines is 1. The predicted octanol–water partition coefficient (Wildman–Crippen LogP) is 2.83. The van der Waals surface area contributed by atoms with Crippen LogP contribution in [0.4, 0.5) is 10.1 Å². The van der Waals surface area contributed by atoms with Gasteiger partial charge in [-0.1, -0.05) is 12.1 Å². The number of rotatable bonds is 4. The molecule has 1 aromatic heterocycles. The highest BCUT2D eigenvalue weighted by Gasteiger charge is 2.12. The van der Waals surface area contributed by atoms with E-state index in [4.69, 9.17) is 0 Å². The van der Waals surface area contributed by atoms with Gasteiger partial charge < -0.3 is 5.32 Å². The van der Waals surface area contributed by atoms with Crippen LogP contribution < -0.4 is 10.9 Å². The Labute approximate surface area is 147 Å². The van der Waals surface area contributed by atoms with Gasteiger partial charge in [-0.3, -0.25) is 14.4 Å². The number of Topliss-reactive ketones (excluding diaryl/α,β-unsaturated/α-hetero) is 1. The summed E-state index contributed by atoms with van der Waals surface area (Å²) in [4.78, 5) is 35.8. The van der Waals surface area contributed by atoms with Gasteiger partial charge in [0.1, 0.15) is 11.5 Å². The first kappa shape index (κ1) is 17.2. The van der Waals surface area contributed by atoms with Crippen LogP contribution in [0.25, 0.3) is 5.69 Å². The summed E-state index contributed by atoms with van der Waals surface area (Å²) < 4.78 is 14.1. The Morgan fingerprint density at radius 3 is 2.46 bits per heavy atom. The van der Waals surface area contributed by atoms with Crippen molar-refractivity contribution in [1.82, 2.24) is 9.78 Å². The van der Waals surface area contributed by atoms with Crippen molar-refractivity contribution in [3.05, 3.63) is 88.1 Å². The van der Waals surface area contributed by atoms with Crippen molar-refractivity contribution in [1.29, 1.82) is 0 Å². The first-order valence-corrected chi connectivity index (χ1v) is 7.73. The lowest BCUT2D eigenvalue weighted by atomic mass is 10.1. The summed E-state index contributed by atoms with van der Waals surface area (Å²) in [5.41, 5.74) is 0.787. The molecule has 1 heterocycles. The van der Waals surface area contributed by atoms with E-state index in [9.17, 15) is 18.8 Å². The van der Waals surface area contributed by atoms with Crippen LogP contribution in [-0.4, -0.2) is 21.5 Å². The normalized spacial score (nSPS) is 10.4. The Hall–Kier alpha value is -3.61. The maximum Gasteiger partial charge on any atom is 0.276 e. The monoisotopic (exact) mass is 351 g/mol. The molecule has 0 bridgehead atoms. The molecule has 0 saturated carbocycles. The largest absolute Gasteiger partial charge is 0.321 e. The molecule has 0 aliphatic heterocycles. The van der Waals surface area contributed by atoms with Crippen LogP contribution in [0.2, 0.25) is 0 Å². The molecule has 2 aromatic carbocycles. The van der Waals surface area contributed by atoms with E-state index < -0.39 is 17.3 Å². The number of carbonyl (C=O) groups excluding carboxylic acids is 2. The van der Waals surface area contributed by atoms with Gasteiger partial charge in [0.15, 0.2) is 5.78 Å². The van der Waals surface area contributed by atoms with E-state index in [1.807, 2.05) is 0 Å². The fourth-order valence-electron chi connectivity index (χ4n) is 2.31. The minimum atomic E-state index is -0.540. The minimum Gasteiger partial charge on any atom is -0.321 e. The van der Waals surface area contributed by atoms with E-state index in [0.717, 1.165) is 4.68 Å². The number of nitrogens with one attached hydrogen (secondary N) is 1. The lowest BCUT2D eigenvalue weighted by Gasteiger charge is -2.08. The van der Waals surface area contributed by atoms with Gasteiger partial charge in [-0.25, -0.2) is 4.39 Å². The third-order valence-electron chi connectivity index (χ3n) is 3.63. The van der Waals surface area contributed by atoms with E-state index in [-0.39, 0.29) is 11.5 Å². The smallest absolute Gasteiger partial charge is 0.276 e. The molecule has 130 valence electrons. The average Bonchev–Trinajstić information content (AvgIpc) is 2.63. The quantitative estimate of drug-likeness (QED) is 0.733.